The molecule has 2 N–H and O–H groups in total. The third kappa shape index (κ3) is 9.98. The SMILES string of the molecule is C=N/C=C(\C=N/CN1CCN(C2CCN(c3ccc4c(c3)C(=O)N(C(CCC=O)C(=O)NC)C4=O)CC2)CC1)C(=O)NC1CCC(Oc2ccc(C#N)c(Cl)c2)CC1. The van der Waals surface area contributed by atoms with Crippen LogP contribution >= 0.6 is 11.6 Å². The fourth-order valence-electron chi connectivity index (χ4n) is 8.21. The van der Waals surface area contributed by atoms with Crippen molar-refractivity contribution in [3.8, 4) is 11.8 Å². The number of likely N-dealkylation sites (N-methyl/N-ethyl adjacent to an activating group) is 1. The van der Waals surface area contributed by atoms with E-state index < -0.39 is 23.8 Å². The first-order valence-corrected chi connectivity index (χ1v) is 20.2. The van der Waals surface area contributed by atoms with Crippen LogP contribution in [-0.2, 0) is 14.4 Å². The van der Waals surface area contributed by atoms with Crippen LogP contribution in [0.5, 0.6) is 5.75 Å². The minimum atomic E-state index is -1.04. The zero-order valence-corrected chi connectivity index (χ0v) is 33.5. The summed E-state index contributed by atoms with van der Waals surface area (Å²) < 4.78 is 6.08. The quantitative estimate of drug-likeness (QED) is 0.117. The normalized spacial score (nSPS) is 21.4. The molecule has 15 nitrogen and oxygen atoms in total. The number of halogens is 1. The van der Waals surface area contributed by atoms with Crippen molar-refractivity contribution in [3.63, 3.8) is 0 Å². The minimum Gasteiger partial charge on any atom is -0.490 e. The van der Waals surface area contributed by atoms with Crippen LogP contribution in [0.25, 0.3) is 0 Å². The summed E-state index contributed by atoms with van der Waals surface area (Å²) in [6.07, 6.45) is 8.79. The second kappa shape index (κ2) is 19.8. The Morgan fingerprint density at radius 2 is 1.72 bits per heavy atom. The number of piperidine rings is 1. The van der Waals surface area contributed by atoms with Gasteiger partial charge in [0.2, 0.25) is 5.91 Å². The number of rotatable bonds is 15. The number of carbonyl (C=O) groups is 5. The van der Waals surface area contributed by atoms with Crippen molar-refractivity contribution in [3.05, 3.63) is 69.9 Å². The summed E-state index contributed by atoms with van der Waals surface area (Å²) in [7, 11) is 1.44. The lowest BCUT2D eigenvalue weighted by Crippen LogP contribution is -2.53. The van der Waals surface area contributed by atoms with Gasteiger partial charge in [-0.15, -0.1) is 0 Å². The molecule has 3 heterocycles. The summed E-state index contributed by atoms with van der Waals surface area (Å²) in [5.41, 5.74) is 2.18. The third-order valence-electron chi connectivity index (χ3n) is 11.5. The second-order valence-electron chi connectivity index (χ2n) is 15.0. The highest BCUT2D eigenvalue weighted by atomic mass is 35.5. The average Bonchev–Trinajstić information content (AvgIpc) is 3.49. The van der Waals surface area contributed by atoms with Gasteiger partial charge in [-0.3, -0.25) is 43.9 Å². The van der Waals surface area contributed by atoms with Crippen LogP contribution < -0.4 is 20.3 Å². The Labute approximate surface area is 343 Å². The van der Waals surface area contributed by atoms with E-state index in [0.717, 1.165) is 88.4 Å². The number of anilines is 1. The molecule has 6 rings (SSSR count). The molecule has 1 saturated carbocycles. The van der Waals surface area contributed by atoms with Crippen LogP contribution in [0.2, 0.25) is 5.02 Å². The van der Waals surface area contributed by atoms with Crippen molar-refractivity contribution in [2.24, 2.45) is 9.98 Å². The molecule has 2 aromatic rings. The molecule has 306 valence electrons. The van der Waals surface area contributed by atoms with Gasteiger partial charge in [0, 0.05) is 89.0 Å². The predicted octanol–water partition coefficient (Wildman–Crippen LogP) is 3.61. The summed E-state index contributed by atoms with van der Waals surface area (Å²) in [5, 5.41) is 15.1. The average molecular weight is 812 g/mol. The first kappa shape index (κ1) is 42.2. The Morgan fingerprint density at radius 3 is 2.38 bits per heavy atom. The highest BCUT2D eigenvalue weighted by Gasteiger charge is 2.43. The topological polar surface area (TPSA) is 180 Å². The molecule has 1 aliphatic carbocycles. The van der Waals surface area contributed by atoms with Crippen molar-refractivity contribution in [2.45, 2.75) is 75.6 Å². The number of nitrogens with zero attached hydrogens (tertiary/aromatic N) is 7. The molecule has 0 radical (unpaired) electrons. The van der Waals surface area contributed by atoms with Gasteiger partial charge >= 0.3 is 0 Å². The number of imide groups is 1. The van der Waals surface area contributed by atoms with Crippen molar-refractivity contribution < 1.29 is 28.7 Å². The molecule has 1 atom stereocenters. The maximum Gasteiger partial charge on any atom is 0.262 e. The predicted molar refractivity (Wildman–Crippen MR) is 220 cm³/mol. The van der Waals surface area contributed by atoms with Crippen molar-refractivity contribution in [1.82, 2.24) is 25.3 Å². The molecule has 16 heteroatoms. The van der Waals surface area contributed by atoms with Crippen LogP contribution in [0.1, 0.15) is 77.6 Å². The number of aliphatic imine (C=N–C) groups is 2. The molecule has 4 amide bonds. The van der Waals surface area contributed by atoms with Gasteiger partial charge in [-0.2, -0.15) is 5.26 Å². The van der Waals surface area contributed by atoms with Gasteiger partial charge in [-0.05, 0) is 82.0 Å². The van der Waals surface area contributed by atoms with E-state index in [1.54, 1.807) is 36.5 Å². The summed E-state index contributed by atoms with van der Waals surface area (Å²) in [6.45, 7) is 9.12. The van der Waals surface area contributed by atoms with E-state index in [4.69, 9.17) is 21.6 Å². The maximum absolute atomic E-state index is 13.4. The standard InChI is InChI=1S/C42H50ClN9O6/c1-45-25-29(39(54)48-30-6-10-33(11-7-30)58-34-9-5-28(24-44)37(43)23-34)26-47-27-49-17-19-51(20-18-49)31-13-15-50(16-14-31)32-8-12-35-36(22-32)42(57)52(41(35)56)38(4-3-21-53)40(55)46-2/h5,8-9,12,21-23,25-26,30-31,33,38H,1,3-4,6-7,10-11,13-20,27H2,2H3,(H,46,55)(H,48,54)/b29-25+,47-26-. The molecule has 2 saturated heterocycles. The van der Waals surface area contributed by atoms with E-state index in [1.165, 1.54) is 13.2 Å². The molecular formula is C42H50ClN9O6. The fraction of sp³-hybridized carbons (Fsp3) is 0.476. The maximum atomic E-state index is 13.4. The smallest absolute Gasteiger partial charge is 0.262 e. The van der Waals surface area contributed by atoms with Gasteiger partial charge in [0.25, 0.3) is 17.7 Å². The molecular weight excluding hydrogens is 762 g/mol. The molecule has 0 bridgehead atoms. The molecule has 58 heavy (non-hydrogen) atoms. The lowest BCUT2D eigenvalue weighted by atomic mass is 9.92. The monoisotopic (exact) mass is 811 g/mol. The number of piperazine rings is 1. The summed E-state index contributed by atoms with van der Waals surface area (Å²) in [4.78, 5) is 79.8. The lowest BCUT2D eigenvalue weighted by molar-refractivity contribution is -0.124. The number of fused-ring (bicyclic) bond motifs is 1. The Morgan fingerprint density at radius 1 is 1.00 bits per heavy atom. The number of hydrogen-bond acceptors (Lipinski definition) is 12. The number of amides is 4. The van der Waals surface area contributed by atoms with Crippen molar-refractivity contribution in [2.75, 3.05) is 57.9 Å². The number of aldehydes is 1. The highest BCUT2D eigenvalue weighted by Crippen LogP contribution is 2.32. The van der Waals surface area contributed by atoms with Crippen molar-refractivity contribution >= 4 is 60.1 Å². The van der Waals surface area contributed by atoms with E-state index in [1.807, 2.05) is 12.1 Å². The third-order valence-corrected chi connectivity index (χ3v) is 11.8. The summed E-state index contributed by atoms with van der Waals surface area (Å²) >= 11 is 6.15. The van der Waals surface area contributed by atoms with E-state index >= 15 is 0 Å². The Balaban J connectivity index is 0.920. The number of benzene rings is 2. The second-order valence-corrected chi connectivity index (χ2v) is 15.4. The van der Waals surface area contributed by atoms with Gasteiger partial charge in [0.1, 0.15) is 24.1 Å². The van der Waals surface area contributed by atoms with Crippen LogP contribution in [0.4, 0.5) is 5.69 Å². The summed E-state index contributed by atoms with van der Waals surface area (Å²) in [5.74, 6) is -1.12. The van der Waals surface area contributed by atoms with Gasteiger partial charge in [-0.1, -0.05) is 11.6 Å². The number of carbonyl (C=O) groups excluding carboxylic acids is 5. The molecule has 0 aromatic heterocycles. The van der Waals surface area contributed by atoms with Gasteiger partial charge in [0.15, 0.2) is 0 Å². The Hall–Kier alpha value is -5.43. The fourth-order valence-corrected chi connectivity index (χ4v) is 8.42. The Bertz CT molecular complexity index is 1970. The van der Waals surface area contributed by atoms with E-state index in [0.29, 0.717) is 40.9 Å². The largest absolute Gasteiger partial charge is 0.490 e. The highest BCUT2D eigenvalue weighted by molar-refractivity contribution is 6.31. The zero-order chi connectivity index (χ0) is 41.2. The molecule has 2 aromatic carbocycles. The molecule has 4 aliphatic rings. The number of hydrogen-bond donors (Lipinski definition) is 2. The van der Waals surface area contributed by atoms with Gasteiger partial charge in [0.05, 0.1) is 40.1 Å². The molecule has 0 spiro atoms. The van der Waals surface area contributed by atoms with Crippen LogP contribution in [-0.4, -0.2) is 135 Å². The summed E-state index contributed by atoms with van der Waals surface area (Å²) in [6, 6.07) is 11.8. The van der Waals surface area contributed by atoms with Crippen LogP contribution in [0, 0.1) is 11.3 Å². The Kier molecular flexibility index (Phi) is 14.4. The molecule has 3 aliphatic heterocycles. The first-order valence-electron chi connectivity index (χ1n) is 19.9. The number of nitrogens with one attached hydrogen (secondary N) is 2. The van der Waals surface area contributed by atoms with E-state index in [9.17, 15) is 24.0 Å². The van der Waals surface area contributed by atoms with Crippen molar-refractivity contribution in [1.29, 1.82) is 5.26 Å². The first-order chi connectivity index (χ1) is 28.1. The van der Waals surface area contributed by atoms with Gasteiger partial charge < -0.3 is 25.1 Å². The van der Waals surface area contributed by atoms with Gasteiger partial charge in [-0.25, -0.2) is 0 Å². The molecule has 1 unspecified atom stereocenters. The number of ether oxygens (including phenoxy) is 1. The lowest BCUT2D eigenvalue weighted by Gasteiger charge is -2.43. The minimum absolute atomic E-state index is 0.000821. The van der Waals surface area contributed by atoms with Crippen LogP contribution in [0.3, 0.4) is 0 Å². The van der Waals surface area contributed by atoms with E-state index in [2.05, 4.69) is 42.0 Å². The number of nitriles is 1. The zero-order valence-electron chi connectivity index (χ0n) is 32.8. The molecule has 3 fully saturated rings. The van der Waals surface area contributed by atoms with E-state index in [-0.39, 0.29) is 42.0 Å². The van der Waals surface area contributed by atoms with Crippen LogP contribution in [0.15, 0.2) is 58.2 Å².